The Kier molecular flexibility index (Phi) is 12.6. The lowest BCUT2D eigenvalue weighted by Gasteiger charge is -2.34. The molecule has 1 unspecified atom stereocenters. The van der Waals surface area contributed by atoms with E-state index < -0.39 is 40.2 Å². The number of unbranched alkanes of at least 4 members (excludes halogenated alkanes) is 1. The molecule has 4 aromatic carbocycles. The third kappa shape index (κ3) is 8.92. The van der Waals surface area contributed by atoms with Crippen molar-refractivity contribution in [1.82, 2.24) is 10.2 Å². The van der Waals surface area contributed by atoms with Crippen LogP contribution in [0.1, 0.15) is 36.5 Å². The van der Waals surface area contributed by atoms with Gasteiger partial charge in [0, 0.05) is 31.1 Å². The number of methoxy groups -OCH3 is 2. The van der Waals surface area contributed by atoms with Crippen LogP contribution in [0.2, 0.25) is 0 Å². The van der Waals surface area contributed by atoms with Gasteiger partial charge in [0.2, 0.25) is 11.8 Å². The van der Waals surface area contributed by atoms with E-state index in [9.17, 15) is 18.0 Å². The zero-order chi connectivity index (χ0) is 34.7. The van der Waals surface area contributed by atoms with Gasteiger partial charge in [-0.3, -0.25) is 13.9 Å². The maximum Gasteiger partial charge on any atom is 0.264 e. The number of carbonyl (C=O) groups is 2. The summed E-state index contributed by atoms with van der Waals surface area (Å²) >= 11 is 0. The maximum atomic E-state index is 15.1. The largest absolute Gasteiger partial charge is 0.493 e. The highest BCUT2D eigenvalue weighted by atomic mass is 32.2. The standard InChI is InChI=1S/C37H42FN3O6S/c1-5-6-22-39-37(43)33(23-28-12-8-7-9-13-28)40(25-29-14-10-11-15-32(29)38)36(42)26-41(30-18-21-34(46-3)35(24-30)47-4)48(44,45)31-19-16-27(2)17-20-31/h7-21,24,33H,5-6,22-23,25-26H2,1-4H3,(H,39,43). The second-order valence-corrected chi connectivity index (χ2v) is 13.2. The lowest BCUT2D eigenvalue weighted by Crippen LogP contribution is -2.53. The summed E-state index contributed by atoms with van der Waals surface area (Å²) in [5.41, 5.74) is 1.96. The number of anilines is 1. The van der Waals surface area contributed by atoms with Gasteiger partial charge in [-0.15, -0.1) is 0 Å². The van der Waals surface area contributed by atoms with Gasteiger partial charge in [0.15, 0.2) is 11.5 Å². The molecule has 0 saturated heterocycles. The van der Waals surface area contributed by atoms with E-state index in [0.29, 0.717) is 12.3 Å². The Morgan fingerprint density at radius 2 is 1.54 bits per heavy atom. The molecule has 0 fully saturated rings. The molecule has 0 saturated carbocycles. The van der Waals surface area contributed by atoms with E-state index >= 15 is 4.39 Å². The Morgan fingerprint density at radius 1 is 0.875 bits per heavy atom. The Bertz CT molecular complexity index is 1780. The van der Waals surface area contributed by atoms with Gasteiger partial charge in [-0.1, -0.05) is 79.6 Å². The van der Waals surface area contributed by atoms with Crippen LogP contribution in [0, 0.1) is 12.7 Å². The van der Waals surface area contributed by atoms with Crippen LogP contribution in [0.3, 0.4) is 0 Å². The minimum Gasteiger partial charge on any atom is -0.493 e. The van der Waals surface area contributed by atoms with Gasteiger partial charge in [-0.25, -0.2) is 12.8 Å². The molecular formula is C37H42FN3O6S. The van der Waals surface area contributed by atoms with E-state index in [1.807, 2.05) is 44.2 Å². The summed E-state index contributed by atoms with van der Waals surface area (Å²) in [6.45, 7) is 3.27. The van der Waals surface area contributed by atoms with E-state index in [0.717, 1.165) is 28.3 Å². The van der Waals surface area contributed by atoms with E-state index in [4.69, 9.17) is 9.47 Å². The topological polar surface area (TPSA) is 105 Å². The number of benzene rings is 4. The van der Waals surface area contributed by atoms with E-state index in [1.54, 1.807) is 30.3 Å². The lowest BCUT2D eigenvalue weighted by molar-refractivity contribution is -0.140. The molecule has 1 atom stereocenters. The van der Waals surface area contributed by atoms with Crippen LogP contribution in [0.4, 0.5) is 10.1 Å². The normalized spacial score (nSPS) is 11.8. The van der Waals surface area contributed by atoms with E-state index in [2.05, 4.69) is 5.32 Å². The average molecular weight is 676 g/mol. The number of carbonyl (C=O) groups excluding carboxylic acids is 2. The molecule has 1 N–H and O–H groups in total. The highest BCUT2D eigenvalue weighted by Gasteiger charge is 2.35. The fraction of sp³-hybridized carbons (Fsp3) is 0.297. The van der Waals surface area contributed by atoms with Gasteiger partial charge in [-0.05, 0) is 49.2 Å². The predicted octanol–water partition coefficient (Wildman–Crippen LogP) is 5.90. The molecule has 254 valence electrons. The molecule has 0 bridgehead atoms. The van der Waals surface area contributed by atoms with Crippen LogP contribution >= 0.6 is 0 Å². The van der Waals surface area contributed by atoms with E-state index in [1.165, 1.54) is 55.5 Å². The second-order valence-electron chi connectivity index (χ2n) is 11.3. The first-order valence-electron chi connectivity index (χ1n) is 15.7. The molecule has 2 amide bonds. The molecule has 0 spiro atoms. The minimum atomic E-state index is -4.33. The van der Waals surface area contributed by atoms with Gasteiger partial charge in [0.05, 0.1) is 24.8 Å². The van der Waals surface area contributed by atoms with Crippen molar-refractivity contribution in [2.45, 2.75) is 50.6 Å². The predicted molar refractivity (Wildman–Crippen MR) is 184 cm³/mol. The van der Waals surface area contributed by atoms with Crippen molar-refractivity contribution >= 4 is 27.5 Å². The molecule has 48 heavy (non-hydrogen) atoms. The molecule has 9 nitrogen and oxygen atoms in total. The van der Waals surface area contributed by atoms with Gasteiger partial charge in [0.1, 0.15) is 18.4 Å². The van der Waals surface area contributed by atoms with Gasteiger partial charge in [0.25, 0.3) is 10.0 Å². The first-order chi connectivity index (χ1) is 23.1. The molecule has 0 aromatic heterocycles. The van der Waals surface area contributed by atoms with Crippen LogP contribution in [-0.2, 0) is 32.6 Å². The molecule has 0 aliphatic carbocycles. The van der Waals surface area contributed by atoms with Gasteiger partial charge < -0.3 is 19.7 Å². The molecule has 0 radical (unpaired) electrons. The summed E-state index contributed by atoms with van der Waals surface area (Å²) in [5, 5.41) is 2.92. The third-order valence-corrected chi connectivity index (χ3v) is 9.73. The van der Waals surface area contributed by atoms with Crippen LogP contribution in [0.15, 0.2) is 102 Å². The number of hydrogen-bond acceptors (Lipinski definition) is 6. The Balaban J connectivity index is 1.84. The van der Waals surface area contributed by atoms with Crippen molar-refractivity contribution < 1.29 is 31.9 Å². The smallest absolute Gasteiger partial charge is 0.264 e. The number of ether oxygens (including phenoxy) is 2. The number of nitrogens with zero attached hydrogens (tertiary/aromatic N) is 2. The number of hydrogen-bond donors (Lipinski definition) is 1. The highest BCUT2D eigenvalue weighted by Crippen LogP contribution is 2.34. The molecular weight excluding hydrogens is 633 g/mol. The quantitative estimate of drug-likeness (QED) is 0.148. The van der Waals surface area contributed by atoms with Crippen LogP contribution in [-0.4, -0.2) is 58.5 Å². The SMILES string of the molecule is CCCCNC(=O)C(Cc1ccccc1)N(Cc1ccccc1F)C(=O)CN(c1ccc(OC)c(OC)c1)S(=O)(=O)c1ccc(C)cc1. The van der Waals surface area contributed by atoms with Gasteiger partial charge in [-0.2, -0.15) is 0 Å². The van der Waals surface area contributed by atoms with Crippen molar-refractivity contribution in [2.24, 2.45) is 0 Å². The van der Waals surface area contributed by atoms with Crippen molar-refractivity contribution in [3.63, 3.8) is 0 Å². The fourth-order valence-electron chi connectivity index (χ4n) is 5.22. The maximum absolute atomic E-state index is 15.1. The molecule has 4 rings (SSSR count). The summed E-state index contributed by atoms with van der Waals surface area (Å²) < 4.78 is 55.5. The number of nitrogens with one attached hydrogen (secondary N) is 1. The third-order valence-electron chi connectivity index (χ3n) is 7.94. The molecule has 0 aliphatic rings. The van der Waals surface area contributed by atoms with Crippen molar-refractivity contribution in [3.05, 3.63) is 120 Å². The average Bonchev–Trinajstić information content (AvgIpc) is 3.09. The molecule has 0 aliphatic heterocycles. The van der Waals surface area contributed by atoms with E-state index in [-0.39, 0.29) is 34.9 Å². The van der Waals surface area contributed by atoms with Crippen LogP contribution < -0.4 is 19.1 Å². The number of aryl methyl sites for hydroxylation is 1. The van der Waals surface area contributed by atoms with Crippen LogP contribution in [0.5, 0.6) is 11.5 Å². The van der Waals surface area contributed by atoms with Crippen LogP contribution in [0.25, 0.3) is 0 Å². The van der Waals surface area contributed by atoms with Crippen molar-refractivity contribution in [3.8, 4) is 11.5 Å². The molecule has 4 aromatic rings. The highest BCUT2D eigenvalue weighted by molar-refractivity contribution is 7.92. The zero-order valence-electron chi connectivity index (χ0n) is 27.7. The summed E-state index contributed by atoms with van der Waals surface area (Å²) in [6, 6.07) is 24.9. The summed E-state index contributed by atoms with van der Waals surface area (Å²) in [6.07, 6.45) is 1.70. The fourth-order valence-corrected chi connectivity index (χ4v) is 6.62. The summed E-state index contributed by atoms with van der Waals surface area (Å²) in [7, 11) is -1.45. The van der Waals surface area contributed by atoms with Gasteiger partial charge >= 0.3 is 0 Å². The first-order valence-corrected chi connectivity index (χ1v) is 17.2. The molecule has 11 heteroatoms. The zero-order valence-corrected chi connectivity index (χ0v) is 28.5. The number of amides is 2. The number of rotatable bonds is 16. The Morgan fingerprint density at radius 3 is 2.19 bits per heavy atom. The number of sulfonamides is 1. The monoisotopic (exact) mass is 675 g/mol. The minimum absolute atomic E-state index is 0.0329. The second kappa shape index (κ2) is 16.8. The summed E-state index contributed by atoms with van der Waals surface area (Å²) in [4.78, 5) is 29.7. The van der Waals surface area contributed by atoms with Crippen molar-refractivity contribution in [2.75, 3.05) is 31.6 Å². The summed E-state index contributed by atoms with van der Waals surface area (Å²) in [5.74, 6) is -1.05. The van der Waals surface area contributed by atoms with Crippen molar-refractivity contribution in [1.29, 1.82) is 0 Å². The Labute approximate surface area is 282 Å². The lowest BCUT2D eigenvalue weighted by atomic mass is 10.0. The molecule has 0 heterocycles. The Hall–Kier alpha value is -4.90. The first kappa shape index (κ1) is 35.9. The number of halogens is 1.